The van der Waals surface area contributed by atoms with Gasteiger partial charge in [-0.15, -0.1) is 0 Å². The minimum atomic E-state index is -0.677. The number of amides is 1. The standard InChI is InChI=1S/C26H34N2O6/c29-22-15-20-14-21(28-34-18-24(31)27-17-19-10-6-5-7-11-19)12-8-3-1-2-4-9-13-33-26(32)25(20)23(30)16-22/h2,4,8,12,15-16,19,29-30H,1,3,5-7,9-11,13-14,17-18H2,(H,27,31). The van der Waals surface area contributed by atoms with Crippen molar-refractivity contribution in [2.75, 3.05) is 19.8 Å². The number of ether oxygens (including phenoxy) is 1. The van der Waals surface area contributed by atoms with Crippen LogP contribution in [0.2, 0.25) is 0 Å². The topological polar surface area (TPSA) is 117 Å². The van der Waals surface area contributed by atoms with Gasteiger partial charge in [-0.3, -0.25) is 4.79 Å². The van der Waals surface area contributed by atoms with Crippen LogP contribution in [0.25, 0.3) is 0 Å². The van der Waals surface area contributed by atoms with E-state index >= 15 is 0 Å². The minimum absolute atomic E-state index is 0.0230. The molecule has 3 N–H and O–H groups in total. The second-order valence-corrected chi connectivity index (χ2v) is 8.72. The highest BCUT2D eigenvalue weighted by atomic mass is 16.6. The monoisotopic (exact) mass is 470 g/mol. The molecule has 0 saturated heterocycles. The highest BCUT2D eigenvalue weighted by Crippen LogP contribution is 2.29. The van der Waals surface area contributed by atoms with E-state index in [0.717, 1.165) is 31.7 Å². The molecule has 184 valence electrons. The first kappa shape index (κ1) is 25.3. The van der Waals surface area contributed by atoms with Crippen molar-refractivity contribution < 1.29 is 29.4 Å². The third-order valence-corrected chi connectivity index (χ3v) is 5.94. The number of cyclic esters (lactones) is 1. The molecule has 1 heterocycles. The molecule has 1 aromatic carbocycles. The number of allylic oxidation sites excluding steroid dienone is 3. The molecule has 1 aliphatic carbocycles. The van der Waals surface area contributed by atoms with Gasteiger partial charge in [0.05, 0.1) is 12.3 Å². The molecule has 0 unspecified atom stereocenters. The first-order valence-corrected chi connectivity index (χ1v) is 12.0. The Morgan fingerprint density at radius 1 is 1.09 bits per heavy atom. The Morgan fingerprint density at radius 2 is 1.85 bits per heavy atom. The molecule has 8 heteroatoms. The van der Waals surface area contributed by atoms with Gasteiger partial charge in [-0.05, 0) is 55.7 Å². The molecule has 0 spiro atoms. The fraction of sp³-hybridized carbons (Fsp3) is 0.500. The summed E-state index contributed by atoms with van der Waals surface area (Å²) in [4.78, 5) is 30.1. The number of oxime groups is 1. The Hall–Kier alpha value is -3.29. The van der Waals surface area contributed by atoms with Gasteiger partial charge in [-0.2, -0.15) is 0 Å². The number of hydrogen-bond acceptors (Lipinski definition) is 7. The van der Waals surface area contributed by atoms with Gasteiger partial charge >= 0.3 is 5.97 Å². The maximum Gasteiger partial charge on any atom is 0.342 e. The van der Waals surface area contributed by atoms with Crippen molar-refractivity contribution in [1.29, 1.82) is 0 Å². The summed E-state index contributed by atoms with van der Waals surface area (Å²) in [6, 6.07) is 2.49. The SMILES string of the molecule is O=C(CON=C1C=CCCC=CCCOC(=O)c2c(O)cc(O)cc2C1)NCC1CCCCC1. The number of rotatable bonds is 5. The van der Waals surface area contributed by atoms with E-state index < -0.39 is 5.97 Å². The summed E-state index contributed by atoms with van der Waals surface area (Å²) in [7, 11) is 0. The van der Waals surface area contributed by atoms with E-state index in [1.807, 2.05) is 18.2 Å². The van der Waals surface area contributed by atoms with E-state index in [9.17, 15) is 19.8 Å². The van der Waals surface area contributed by atoms with Crippen molar-refractivity contribution in [1.82, 2.24) is 5.32 Å². The number of hydrogen-bond donors (Lipinski definition) is 3. The number of phenolic OH excluding ortho intramolecular Hbond substituents is 2. The van der Waals surface area contributed by atoms with Gasteiger partial charge in [0, 0.05) is 19.0 Å². The molecule has 0 radical (unpaired) electrons. The lowest BCUT2D eigenvalue weighted by Crippen LogP contribution is -2.32. The molecule has 2 aliphatic rings. The summed E-state index contributed by atoms with van der Waals surface area (Å²) in [6.07, 6.45) is 15.9. The third kappa shape index (κ3) is 8.24. The highest BCUT2D eigenvalue weighted by molar-refractivity contribution is 6.00. The van der Waals surface area contributed by atoms with Gasteiger partial charge in [-0.25, -0.2) is 4.79 Å². The molecule has 8 nitrogen and oxygen atoms in total. The zero-order chi connectivity index (χ0) is 24.2. The van der Waals surface area contributed by atoms with E-state index in [-0.39, 0.29) is 42.6 Å². The highest BCUT2D eigenvalue weighted by Gasteiger charge is 2.21. The fourth-order valence-corrected chi connectivity index (χ4v) is 4.17. The van der Waals surface area contributed by atoms with E-state index in [4.69, 9.17) is 9.57 Å². The van der Waals surface area contributed by atoms with Crippen molar-refractivity contribution in [3.63, 3.8) is 0 Å². The number of carbonyl (C=O) groups excluding carboxylic acids is 2. The van der Waals surface area contributed by atoms with Gasteiger partial charge < -0.3 is 25.1 Å². The summed E-state index contributed by atoms with van der Waals surface area (Å²) >= 11 is 0. The second kappa shape index (κ2) is 13.4. The number of fused-ring (bicyclic) bond motifs is 1. The average molecular weight is 471 g/mol. The molecule has 34 heavy (non-hydrogen) atoms. The van der Waals surface area contributed by atoms with Crippen LogP contribution in [-0.4, -0.2) is 47.6 Å². The first-order valence-electron chi connectivity index (χ1n) is 12.0. The fourth-order valence-electron chi connectivity index (χ4n) is 4.17. The normalized spacial score (nSPS) is 19.2. The summed E-state index contributed by atoms with van der Waals surface area (Å²) in [6.45, 7) is 0.623. The van der Waals surface area contributed by atoms with E-state index in [1.54, 1.807) is 6.08 Å². The van der Waals surface area contributed by atoms with Crippen LogP contribution in [0.4, 0.5) is 0 Å². The molecule has 0 atom stereocenters. The number of benzene rings is 1. The maximum atomic E-state index is 12.6. The van der Waals surface area contributed by atoms with Crippen LogP contribution >= 0.6 is 0 Å². The van der Waals surface area contributed by atoms with Crippen LogP contribution in [0, 0.1) is 5.92 Å². The molecule has 1 aliphatic heterocycles. The van der Waals surface area contributed by atoms with E-state index in [1.165, 1.54) is 25.3 Å². The molecule has 1 amide bonds. The zero-order valence-electron chi connectivity index (χ0n) is 19.5. The lowest BCUT2D eigenvalue weighted by molar-refractivity contribution is -0.125. The van der Waals surface area contributed by atoms with E-state index in [0.29, 0.717) is 30.2 Å². The van der Waals surface area contributed by atoms with E-state index in [2.05, 4.69) is 10.5 Å². The number of nitrogens with zero attached hydrogens (tertiary/aromatic N) is 1. The average Bonchev–Trinajstić information content (AvgIpc) is 2.81. The number of carbonyl (C=O) groups is 2. The molecule has 1 fully saturated rings. The quantitative estimate of drug-likeness (QED) is 0.338. The number of esters is 1. The number of phenols is 2. The van der Waals surface area contributed by atoms with Crippen LogP contribution in [0.15, 0.2) is 41.6 Å². The summed E-state index contributed by atoms with van der Waals surface area (Å²) in [5, 5.41) is 27.3. The molecule has 0 bridgehead atoms. The maximum absolute atomic E-state index is 12.6. The van der Waals surface area contributed by atoms with Crippen molar-refractivity contribution in [2.45, 2.75) is 57.8 Å². The van der Waals surface area contributed by atoms with Gasteiger partial charge in [0.25, 0.3) is 5.91 Å². The van der Waals surface area contributed by atoms with Crippen molar-refractivity contribution in [2.24, 2.45) is 11.1 Å². The Kier molecular flexibility index (Phi) is 10.0. The van der Waals surface area contributed by atoms with Crippen molar-refractivity contribution >= 4 is 17.6 Å². The van der Waals surface area contributed by atoms with Gasteiger partial charge in [0.15, 0.2) is 6.61 Å². The molecule has 3 rings (SSSR count). The van der Waals surface area contributed by atoms with Crippen LogP contribution in [0.1, 0.15) is 67.3 Å². The minimum Gasteiger partial charge on any atom is -0.508 e. The molecule has 0 aromatic heterocycles. The molecular weight excluding hydrogens is 436 g/mol. The molecule has 1 aromatic rings. The molecular formula is C26H34N2O6. The summed E-state index contributed by atoms with van der Waals surface area (Å²) in [5.74, 6) is -0.931. The Morgan fingerprint density at radius 3 is 2.68 bits per heavy atom. The Balaban J connectivity index is 1.70. The second-order valence-electron chi connectivity index (χ2n) is 8.72. The summed E-state index contributed by atoms with van der Waals surface area (Å²) in [5.41, 5.74) is 0.772. The Bertz CT molecular complexity index is 931. The lowest BCUT2D eigenvalue weighted by Gasteiger charge is -2.21. The van der Waals surface area contributed by atoms with Gasteiger partial charge in [0.1, 0.15) is 17.1 Å². The Labute approximate surface area is 200 Å². The first-order chi connectivity index (χ1) is 16.5. The van der Waals surface area contributed by atoms with Gasteiger partial charge in [-0.1, -0.05) is 42.6 Å². The van der Waals surface area contributed by atoms with Crippen LogP contribution in [0.3, 0.4) is 0 Å². The summed E-state index contributed by atoms with van der Waals surface area (Å²) < 4.78 is 5.28. The van der Waals surface area contributed by atoms with Gasteiger partial charge in [0.2, 0.25) is 0 Å². The van der Waals surface area contributed by atoms with Crippen LogP contribution in [0.5, 0.6) is 11.5 Å². The zero-order valence-corrected chi connectivity index (χ0v) is 19.5. The largest absolute Gasteiger partial charge is 0.508 e. The predicted octanol–water partition coefficient (Wildman–Crippen LogP) is 4.16. The van der Waals surface area contributed by atoms with Crippen LogP contribution < -0.4 is 5.32 Å². The predicted molar refractivity (Wildman–Crippen MR) is 129 cm³/mol. The third-order valence-electron chi connectivity index (χ3n) is 5.94. The smallest absolute Gasteiger partial charge is 0.342 e. The van der Waals surface area contributed by atoms with Crippen molar-refractivity contribution in [3.05, 3.63) is 47.6 Å². The number of aromatic hydroxyl groups is 2. The number of nitrogens with one attached hydrogen (secondary N) is 1. The lowest BCUT2D eigenvalue weighted by atomic mass is 9.89. The van der Waals surface area contributed by atoms with Crippen molar-refractivity contribution in [3.8, 4) is 11.5 Å². The van der Waals surface area contributed by atoms with Crippen LogP contribution in [-0.2, 0) is 20.8 Å². The molecule has 1 saturated carbocycles.